The number of aldehydes is 1. The summed E-state index contributed by atoms with van der Waals surface area (Å²) >= 11 is 0. The molecular formula is C10H18N2O3. The van der Waals surface area contributed by atoms with E-state index in [0.717, 1.165) is 25.9 Å². The third-order valence-corrected chi connectivity index (χ3v) is 2.46. The third kappa shape index (κ3) is 3.87. The zero-order chi connectivity index (χ0) is 11.1. The summed E-state index contributed by atoms with van der Waals surface area (Å²) < 4.78 is 4.91. The number of carbonyl (C=O) groups is 2. The average molecular weight is 214 g/mol. The molecule has 5 nitrogen and oxygen atoms in total. The van der Waals surface area contributed by atoms with E-state index in [0.29, 0.717) is 26.1 Å². The lowest BCUT2D eigenvalue weighted by molar-refractivity contribution is -0.108. The minimum Gasteiger partial charge on any atom is -0.450 e. The molecule has 1 aliphatic rings. The summed E-state index contributed by atoms with van der Waals surface area (Å²) in [5.74, 6) is 0. The zero-order valence-electron chi connectivity index (χ0n) is 9.15. The van der Waals surface area contributed by atoms with Crippen molar-refractivity contribution in [2.75, 3.05) is 39.3 Å². The first kappa shape index (κ1) is 12.0. The van der Waals surface area contributed by atoms with E-state index >= 15 is 0 Å². The van der Waals surface area contributed by atoms with Gasteiger partial charge in [0.1, 0.15) is 6.29 Å². The standard InChI is InChI=1S/C10H18N2O3/c1-2-15-10(14)12-7-5-11(6-8-12)4-3-9-13/h9H,2-8H2,1H3. The van der Waals surface area contributed by atoms with Crippen LogP contribution in [-0.4, -0.2) is 61.5 Å². The molecule has 1 amide bonds. The second kappa shape index (κ2) is 6.40. The van der Waals surface area contributed by atoms with Crippen molar-refractivity contribution in [2.24, 2.45) is 0 Å². The summed E-state index contributed by atoms with van der Waals surface area (Å²) in [5, 5.41) is 0. The second-order valence-electron chi connectivity index (χ2n) is 3.48. The number of amides is 1. The highest BCUT2D eigenvalue weighted by atomic mass is 16.6. The second-order valence-corrected chi connectivity index (χ2v) is 3.48. The molecule has 1 fully saturated rings. The molecule has 86 valence electrons. The van der Waals surface area contributed by atoms with E-state index in [2.05, 4.69) is 4.90 Å². The Hall–Kier alpha value is -1.10. The number of hydrogen-bond donors (Lipinski definition) is 0. The van der Waals surface area contributed by atoms with Gasteiger partial charge in [-0.05, 0) is 6.92 Å². The summed E-state index contributed by atoms with van der Waals surface area (Å²) in [7, 11) is 0. The molecule has 15 heavy (non-hydrogen) atoms. The van der Waals surface area contributed by atoms with Gasteiger partial charge >= 0.3 is 6.09 Å². The smallest absolute Gasteiger partial charge is 0.409 e. The van der Waals surface area contributed by atoms with Crippen LogP contribution in [0.4, 0.5) is 4.79 Å². The predicted octanol–water partition coefficient (Wildman–Crippen LogP) is 0.350. The fourth-order valence-corrected chi connectivity index (χ4v) is 1.60. The summed E-state index contributed by atoms with van der Waals surface area (Å²) in [6.45, 7) is 6.05. The van der Waals surface area contributed by atoms with Gasteiger partial charge in [0.05, 0.1) is 6.61 Å². The molecule has 5 heteroatoms. The van der Waals surface area contributed by atoms with Crippen LogP contribution in [-0.2, 0) is 9.53 Å². The molecule has 0 aromatic heterocycles. The zero-order valence-corrected chi connectivity index (χ0v) is 9.15. The van der Waals surface area contributed by atoms with Crippen LogP contribution in [0.5, 0.6) is 0 Å². The first-order chi connectivity index (χ1) is 7.27. The van der Waals surface area contributed by atoms with Crippen molar-refractivity contribution >= 4 is 12.4 Å². The predicted molar refractivity (Wildman–Crippen MR) is 55.7 cm³/mol. The normalized spacial score (nSPS) is 17.5. The van der Waals surface area contributed by atoms with Crippen molar-refractivity contribution in [1.82, 2.24) is 9.80 Å². The Bertz CT molecular complexity index is 213. The molecule has 0 aromatic rings. The molecule has 0 aliphatic carbocycles. The molecule has 0 atom stereocenters. The largest absolute Gasteiger partial charge is 0.450 e. The van der Waals surface area contributed by atoms with Gasteiger partial charge in [0.2, 0.25) is 0 Å². The summed E-state index contributed by atoms with van der Waals surface area (Å²) in [6, 6.07) is 0. The first-order valence-electron chi connectivity index (χ1n) is 5.35. The minimum absolute atomic E-state index is 0.229. The van der Waals surface area contributed by atoms with Crippen LogP contribution in [0, 0.1) is 0 Å². The molecule has 0 bridgehead atoms. The topological polar surface area (TPSA) is 49.9 Å². The summed E-state index contributed by atoms with van der Waals surface area (Å²) in [4.78, 5) is 25.4. The van der Waals surface area contributed by atoms with Gasteiger partial charge in [-0.3, -0.25) is 4.90 Å². The molecule has 1 saturated heterocycles. The van der Waals surface area contributed by atoms with Crippen molar-refractivity contribution in [3.05, 3.63) is 0 Å². The van der Waals surface area contributed by atoms with Gasteiger partial charge in [-0.15, -0.1) is 0 Å². The molecule has 1 rings (SSSR count). The van der Waals surface area contributed by atoms with E-state index < -0.39 is 0 Å². The Morgan fingerprint density at radius 1 is 1.33 bits per heavy atom. The van der Waals surface area contributed by atoms with Crippen LogP contribution in [0.25, 0.3) is 0 Å². The molecule has 0 unspecified atom stereocenters. The van der Waals surface area contributed by atoms with Crippen LogP contribution in [0.3, 0.4) is 0 Å². The lowest BCUT2D eigenvalue weighted by Crippen LogP contribution is -2.49. The van der Waals surface area contributed by atoms with Crippen LogP contribution in [0.15, 0.2) is 0 Å². The molecule has 0 aromatic carbocycles. The Balaban J connectivity index is 2.23. The number of piperazine rings is 1. The van der Waals surface area contributed by atoms with E-state index in [-0.39, 0.29) is 6.09 Å². The van der Waals surface area contributed by atoms with Crippen molar-refractivity contribution < 1.29 is 14.3 Å². The summed E-state index contributed by atoms with van der Waals surface area (Å²) in [5.41, 5.74) is 0. The Kier molecular flexibility index (Phi) is 5.10. The van der Waals surface area contributed by atoms with Crippen molar-refractivity contribution in [3.8, 4) is 0 Å². The van der Waals surface area contributed by atoms with Gasteiger partial charge in [0.15, 0.2) is 0 Å². The first-order valence-corrected chi connectivity index (χ1v) is 5.35. The molecule has 0 N–H and O–H groups in total. The lowest BCUT2D eigenvalue weighted by atomic mass is 10.3. The van der Waals surface area contributed by atoms with E-state index in [4.69, 9.17) is 4.74 Å². The molecule has 1 aliphatic heterocycles. The van der Waals surface area contributed by atoms with Crippen LogP contribution < -0.4 is 0 Å². The SMILES string of the molecule is CCOC(=O)N1CCN(CCC=O)CC1. The molecule has 0 saturated carbocycles. The number of rotatable bonds is 4. The van der Waals surface area contributed by atoms with Crippen molar-refractivity contribution in [3.63, 3.8) is 0 Å². The molecular weight excluding hydrogens is 196 g/mol. The van der Waals surface area contributed by atoms with Gasteiger partial charge in [0.25, 0.3) is 0 Å². The fourth-order valence-electron chi connectivity index (χ4n) is 1.60. The Morgan fingerprint density at radius 2 is 2.00 bits per heavy atom. The monoisotopic (exact) mass is 214 g/mol. The third-order valence-electron chi connectivity index (χ3n) is 2.46. The molecule has 0 spiro atoms. The number of carbonyl (C=O) groups excluding carboxylic acids is 2. The highest BCUT2D eigenvalue weighted by Crippen LogP contribution is 2.03. The molecule has 1 heterocycles. The number of hydrogen-bond acceptors (Lipinski definition) is 4. The van der Waals surface area contributed by atoms with Gasteiger partial charge in [0, 0.05) is 39.1 Å². The van der Waals surface area contributed by atoms with Crippen molar-refractivity contribution in [1.29, 1.82) is 0 Å². The highest BCUT2D eigenvalue weighted by molar-refractivity contribution is 5.67. The van der Waals surface area contributed by atoms with E-state index in [1.165, 1.54) is 0 Å². The van der Waals surface area contributed by atoms with E-state index in [9.17, 15) is 9.59 Å². The average Bonchev–Trinajstić information content (AvgIpc) is 2.27. The van der Waals surface area contributed by atoms with Crippen LogP contribution >= 0.6 is 0 Å². The minimum atomic E-state index is -0.229. The highest BCUT2D eigenvalue weighted by Gasteiger charge is 2.21. The van der Waals surface area contributed by atoms with Gasteiger partial charge < -0.3 is 14.4 Å². The quantitative estimate of drug-likeness (QED) is 0.634. The van der Waals surface area contributed by atoms with Crippen LogP contribution in [0.1, 0.15) is 13.3 Å². The van der Waals surface area contributed by atoms with E-state index in [1.54, 1.807) is 11.8 Å². The van der Waals surface area contributed by atoms with E-state index in [1.807, 2.05) is 0 Å². The maximum absolute atomic E-state index is 11.3. The maximum Gasteiger partial charge on any atom is 0.409 e. The summed E-state index contributed by atoms with van der Waals surface area (Å²) in [6.07, 6.45) is 1.27. The fraction of sp³-hybridized carbons (Fsp3) is 0.800. The van der Waals surface area contributed by atoms with Gasteiger partial charge in [-0.1, -0.05) is 0 Å². The van der Waals surface area contributed by atoms with Gasteiger partial charge in [-0.2, -0.15) is 0 Å². The van der Waals surface area contributed by atoms with Crippen molar-refractivity contribution in [2.45, 2.75) is 13.3 Å². The number of nitrogens with zero attached hydrogens (tertiary/aromatic N) is 2. The molecule has 0 radical (unpaired) electrons. The van der Waals surface area contributed by atoms with Gasteiger partial charge in [-0.25, -0.2) is 4.79 Å². The Morgan fingerprint density at radius 3 is 2.53 bits per heavy atom. The van der Waals surface area contributed by atoms with Crippen LogP contribution in [0.2, 0.25) is 0 Å². The number of ether oxygens (including phenoxy) is 1. The maximum atomic E-state index is 11.3. The lowest BCUT2D eigenvalue weighted by Gasteiger charge is -2.33. The Labute approximate surface area is 90.0 Å².